The van der Waals surface area contributed by atoms with Crippen LogP contribution in [0.4, 0.5) is 10.1 Å². The van der Waals surface area contributed by atoms with Crippen LogP contribution in [0.3, 0.4) is 0 Å². The minimum absolute atomic E-state index is 0.101. The van der Waals surface area contributed by atoms with Gasteiger partial charge in [-0.15, -0.1) is 0 Å². The summed E-state index contributed by atoms with van der Waals surface area (Å²) < 4.78 is 18.7. The van der Waals surface area contributed by atoms with Gasteiger partial charge in [-0.2, -0.15) is 0 Å². The summed E-state index contributed by atoms with van der Waals surface area (Å²) in [6.07, 6.45) is -1.20. The van der Waals surface area contributed by atoms with Crippen molar-refractivity contribution < 1.29 is 18.7 Å². The van der Waals surface area contributed by atoms with Gasteiger partial charge in [0.15, 0.2) is 0 Å². The smallest absolute Gasteiger partial charge is 0.358 e. The molecule has 1 heterocycles. The fraction of sp³-hybridized carbons (Fsp3) is 0.0417. The molecule has 5 nitrogen and oxygen atoms in total. The van der Waals surface area contributed by atoms with E-state index in [0.717, 1.165) is 5.39 Å². The molecule has 4 aromatic rings. The fourth-order valence-electron chi connectivity index (χ4n) is 2.99. The monoisotopic (exact) mass is 400 g/mol. The van der Waals surface area contributed by atoms with Crippen molar-refractivity contribution in [3.05, 3.63) is 108 Å². The first-order chi connectivity index (χ1) is 14.6. The van der Waals surface area contributed by atoms with Gasteiger partial charge in [0.05, 0.1) is 5.52 Å². The van der Waals surface area contributed by atoms with Gasteiger partial charge in [0.1, 0.15) is 11.5 Å². The molecule has 0 fully saturated rings. The van der Waals surface area contributed by atoms with E-state index in [4.69, 9.17) is 4.74 Å². The summed E-state index contributed by atoms with van der Waals surface area (Å²) in [4.78, 5) is 30.0. The average Bonchev–Trinajstić information content (AvgIpc) is 2.79. The van der Waals surface area contributed by atoms with Crippen LogP contribution in [0, 0.1) is 5.82 Å². The van der Waals surface area contributed by atoms with Crippen molar-refractivity contribution in [1.29, 1.82) is 0 Å². The molecule has 0 saturated heterocycles. The van der Waals surface area contributed by atoms with Crippen LogP contribution in [-0.2, 0) is 9.53 Å². The van der Waals surface area contributed by atoms with E-state index >= 15 is 0 Å². The molecular formula is C24H17FN2O3. The van der Waals surface area contributed by atoms with Crippen LogP contribution < -0.4 is 5.32 Å². The van der Waals surface area contributed by atoms with Crippen LogP contribution in [0.15, 0.2) is 91.0 Å². The lowest BCUT2D eigenvalue weighted by molar-refractivity contribution is -0.125. The Kier molecular flexibility index (Phi) is 5.48. The number of benzene rings is 3. The number of nitrogens with zero attached hydrogens (tertiary/aromatic N) is 1. The van der Waals surface area contributed by atoms with E-state index in [1.54, 1.807) is 48.5 Å². The van der Waals surface area contributed by atoms with Crippen molar-refractivity contribution >= 4 is 28.5 Å². The molecule has 30 heavy (non-hydrogen) atoms. The molecule has 0 spiro atoms. The molecule has 1 amide bonds. The lowest BCUT2D eigenvalue weighted by Gasteiger charge is -2.18. The zero-order chi connectivity index (χ0) is 20.9. The van der Waals surface area contributed by atoms with E-state index in [1.807, 2.05) is 18.2 Å². The van der Waals surface area contributed by atoms with E-state index < -0.39 is 23.8 Å². The number of hydrogen-bond acceptors (Lipinski definition) is 4. The molecule has 0 saturated carbocycles. The first kappa shape index (κ1) is 19.3. The van der Waals surface area contributed by atoms with Crippen molar-refractivity contribution in [2.45, 2.75) is 6.10 Å². The maximum absolute atomic E-state index is 13.1. The topological polar surface area (TPSA) is 68.3 Å². The highest BCUT2D eigenvalue weighted by atomic mass is 19.1. The molecule has 148 valence electrons. The first-order valence-electron chi connectivity index (χ1n) is 9.28. The molecule has 0 aliphatic carbocycles. The average molecular weight is 400 g/mol. The Morgan fingerprint density at radius 3 is 2.30 bits per heavy atom. The van der Waals surface area contributed by atoms with Crippen molar-refractivity contribution in [2.24, 2.45) is 0 Å². The summed E-state index contributed by atoms with van der Waals surface area (Å²) in [6.45, 7) is 0. The Morgan fingerprint density at radius 1 is 0.833 bits per heavy atom. The van der Waals surface area contributed by atoms with Crippen LogP contribution in [0.5, 0.6) is 0 Å². The number of fused-ring (bicyclic) bond motifs is 1. The van der Waals surface area contributed by atoms with Crippen molar-refractivity contribution in [3.63, 3.8) is 0 Å². The highest BCUT2D eigenvalue weighted by Gasteiger charge is 2.26. The number of carbonyl (C=O) groups is 2. The van der Waals surface area contributed by atoms with Gasteiger partial charge in [0, 0.05) is 16.6 Å². The largest absolute Gasteiger partial charge is 0.443 e. The van der Waals surface area contributed by atoms with E-state index in [2.05, 4.69) is 10.3 Å². The number of rotatable bonds is 5. The Labute approximate surface area is 172 Å². The Bertz CT molecular complexity index is 1190. The number of halogens is 1. The maximum Gasteiger partial charge on any atom is 0.358 e. The zero-order valence-corrected chi connectivity index (χ0v) is 15.8. The molecule has 3 aromatic carbocycles. The lowest BCUT2D eigenvalue weighted by Crippen LogP contribution is -2.26. The molecule has 4 rings (SSSR count). The Balaban J connectivity index is 1.59. The third-order valence-corrected chi connectivity index (χ3v) is 4.48. The molecule has 1 atom stereocenters. The van der Waals surface area contributed by atoms with E-state index in [9.17, 15) is 14.0 Å². The number of esters is 1. The van der Waals surface area contributed by atoms with Gasteiger partial charge in [0.2, 0.25) is 6.10 Å². The van der Waals surface area contributed by atoms with Gasteiger partial charge < -0.3 is 10.1 Å². The van der Waals surface area contributed by atoms with Gasteiger partial charge in [-0.3, -0.25) is 4.79 Å². The number of pyridine rings is 1. The number of aromatic nitrogens is 1. The number of nitrogens with one attached hydrogen (secondary N) is 1. The number of amides is 1. The van der Waals surface area contributed by atoms with Crippen LogP contribution in [0.25, 0.3) is 10.9 Å². The molecule has 0 aliphatic rings. The van der Waals surface area contributed by atoms with Crippen LogP contribution >= 0.6 is 0 Å². The van der Waals surface area contributed by atoms with Crippen LogP contribution in [-0.4, -0.2) is 16.9 Å². The summed E-state index contributed by atoms with van der Waals surface area (Å²) in [5.41, 5.74) is 1.65. The van der Waals surface area contributed by atoms with Crippen molar-refractivity contribution in [2.75, 3.05) is 5.32 Å². The van der Waals surface area contributed by atoms with E-state index in [-0.39, 0.29) is 5.69 Å². The predicted molar refractivity (Wildman–Crippen MR) is 111 cm³/mol. The normalized spacial score (nSPS) is 11.6. The third kappa shape index (κ3) is 4.33. The number of ether oxygens (including phenoxy) is 1. The highest BCUT2D eigenvalue weighted by molar-refractivity contribution is 5.98. The summed E-state index contributed by atoms with van der Waals surface area (Å²) >= 11 is 0. The second-order valence-corrected chi connectivity index (χ2v) is 6.58. The highest BCUT2D eigenvalue weighted by Crippen LogP contribution is 2.22. The van der Waals surface area contributed by atoms with Crippen LogP contribution in [0.1, 0.15) is 22.2 Å². The number of anilines is 1. The van der Waals surface area contributed by atoms with Gasteiger partial charge in [-0.25, -0.2) is 14.2 Å². The summed E-state index contributed by atoms with van der Waals surface area (Å²) in [5.74, 6) is -1.69. The molecule has 0 radical (unpaired) electrons. The first-order valence-corrected chi connectivity index (χ1v) is 9.28. The Hall–Kier alpha value is -4.06. The van der Waals surface area contributed by atoms with Gasteiger partial charge in [-0.1, -0.05) is 54.6 Å². The lowest BCUT2D eigenvalue weighted by atomic mass is 10.1. The molecule has 0 bridgehead atoms. The summed E-state index contributed by atoms with van der Waals surface area (Å²) in [6, 6.07) is 24.7. The minimum atomic E-state index is -1.20. The standard InChI is InChI=1S/C24H17FN2O3/c25-18-11-13-19(14-12-18)26-23(28)22(17-7-2-1-3-8-17)30-24(29)21-15-10-16-6-4-5-9-20(16)27-21/h1-15,22H,(H,26,28)/t22-/m0/s1. The minimum Gasteiger partial charge on any atom is -0.443 e. The van der Waals surface area contributed by atoms with Crippen LogP contribution in [0.2, 0.25) is 0 Å². The number of carbonyl (C=O) groups excluding carboxylic acids is 2. The predicted octanol–water partition coefficient (Wildman–Crippen LogP) is 4.91. The quantitative estimate of drug-likeness (QED) is 0.483. The number of hydrogen-bond donors (Lipinski definition) is 1. The summed E-state index contributed by atoms with van der Waals surface area (Å²) in [7, 11) is 0. The van der Waals surface area contributed by atoms with E-state index in [1.165, 1.54) is 24.3 Å². The van der Waals surface area contributed by atoms with Crippen molar-refractivity contribution in [3.8, 4) is 0 Å². The molecule has 0 aliphatic heterocycles. The second-order valence-electron chi connectivity index (χ2n) is 6.58. The molecule has 6 heteroatoms. The van der Waals surface area contributed by atoms with E-state index in [0.29, 0.717) is 16.8 Å². The zero-order valence-electron chi connectivity index (χ0n) is 15.8. The third-order valence-electron chi connectivity index (χ3n) is 4.48. The fourth-order valence-corrected chi connectivity index (χ4v) is 2.99. The second kappa shape index (κ2) is 8.53. The maximum atomic E-state index is 13.1. The molecular weight excluding hydrogens is 383 g/mol. The SMILES string of the molecule is O=C(O[C@H](C(=O)Nc1ccc(F)cc1)c1ccccc1)c1ccc2ccccc2n1. The van der Waals surface area contributed by atoms with Crippen molar-refractivity contribution in [1.82, 2.24) is 4.98 Å². The summed E-state index contributed by atoms with van der Waals surface area (Å²) in [5, 5.41) is 3.54. The Morgan fingerprint density at radius 2 is 1.53 bits per heavy atom. The molecule has 1 aromatic heterocycles. The molecule has 0 unspecified atom stereocenters. The number of para-hydroxylation sites is 1. The van der Waals surface area contributed by atoms with Gasteiger partial charge >= 0.3 is 5.97 Å². The van der Waals surface area contributed by atoms with Gasteiger partial charge in [-0.05, 0) is 36.4 Å². The van der Waals surface area contributed by atoms with Gasteiger partial charge in [0.25, 0.3) is 5.91 Å². The molecule has 1 N–H and O–H groups in total.